The molecule has 0 aromatic heterocycles. The molecular weight excluding hydrogens is 368 g/mol. The SMILES string of the molecule is Cc1ccc(C)c(OC(C)C(=O)N2CCN(Cc3ccc4c(c3)OCO4)CC2)c1. The van der Waals surface area contributed by atoms with Crippen LogP contribution in [-0.4, -0.2) is 54.8 Å². The zero-order valence-corrected chi connectivity index (χ0v) is 17.3. The lowest BCUT2D eigenvalue weighted by Crippen LogP contribution is -2.51. The van der Waals surface area contributed by atoms with Crippen molar-refractivity contribution in [3.05, 3.63) is 53.1 Å². The van der Waals surface area contributed by atoms with Crippen molar-refractivity contribution in [1.29, 1.82) is 0 Å². The molecule has 0 saturated carbocycles. The first-order chi connectivity index (χ1) is 14.0. The predicted molar refractivity (Wildman–Crippen MR) is 110 cm³/mol. The van der Waals surface area contributed by atoms with Gasteiger partial charge in [0.25, 0.3) is 5.91 Å². The highest BCUT2D eigenvalue weighted by Gasteiger charge is 2.26. The van der Waals surface area contributed by atoms with E-state index in [0.29, 0.717) is 19.9 Å². The third-order valence-corrected chi connectivity index (χ3v) is 5.52. The number of nitrogens with zero attached hydrogens (tertiary/aromatic N) is 2. The van der Waals surface area contributed by atoms with E-state index in [-0.39, 0.29) is 5.91 Å². The molecule has 0 spiro atoms. The summed E-state index contributed by atoms with van der Waals surface area (Å²) in [7, 11) is 0. The van der Waals surface area contributed by atoms with Crippen LogP contribution in [0, 0.1) is 13.8 Å². The number of hydrogen-bond acceptors (Lipinski definition) is 5. The molecule has 0 bridgehead atoms. The quantitative estimate of drug-likeness (QED) is 0.777. The molecule has 1 atom stereocenters. The monoisotopic (exact) mass is 396 g/mol. The minimum absolute atomic E-state index is 0.0497. The molecular formula is C23H28N2O4. The van der Waals surface area contributed by atoms with Gasteiger partial charge in [0.15, 0.2) is 17.6 Å². The van der Waals surface area contributed by atoms with Gasteiger partial charge in [-0.2, -0.15) is 0 Å². The molecule has 1 fully saturated rings. The first-order valence-corrected chi connectivity index (χ1v) is 10.1. The van der Waals surface area contributed by atoms with E-state index in [2.05, 4.69) is 11.0 Å². The summed E-state index contributed by atoms with van der Waals surface area (Å²) >= 11 is 0. The Morgan fingerprint density at radius 2 is 1.79 bits per heavy atom. The molecule has 4 rings (SSSR count). The highest BCUT2D eigenvalue weighted by Crippen LogP contribution is 2.32. The fraction of sp³-hybridized carbons (Fsp3) is 0.435. The van der Waals surface area contributed by atoms with Crippen LogP contribution in [0.1, 0.15) is 23.6 Å². The number of fused-ring (bicyclic) bond motifs is 1. The molecule has 6 heteroatoms. The minimum Gasteiger partial charge on any atom is -0.481 e. The third-order valence-electron chi connectivity index (χ3n) is 5.52. The number of piperazine rings is 1. The van der Waals surface area contributed by atoms with Crippen LogP contribution < -0.4 is 14.2 Å². The van der Waals surface area contributed by atoms with E-state index in [9.17, 15) is 4.79 Å². The average molecular weight is 396 g/mol. The number of hydrogen-bond donors (Lipinski definition) is 0. The van der Waals surface area contributed by atoms with E-state index < -0.39 is 6.10 Å². The first kappa shape index (κ1) is 19.6. The number of ether oxygens (including phenoxy) is 3. The Morgan fingerprint density at radius 3 is 2.59 bits per heavy atom. The van der Waals surface area contributed by atoms with Crippen molar-refractivity contribution in [2.24, 2.45) is 0 Å². The highest BCUT2D eigenvalue weighted by molar-refractivity contribution is 5.81. The summed E-state index contributed by atoms with van der Waals surface area (Å²) in [5.41, 5.74) is 3.37. The molecule has 1 unspecified atom stereocenters. The van der Waals surface area contributed by atoms with Crippen molar-refractivity contribution in [2.75, 3.05) is 33.0 Å². The number of rotatable bonds is 5. The van der Waals surface area contributed by atoms with Gasteiger partial charge in [0.1, 0.15) is 5.75 Å². The van der Waals surface area contributed by atoms with Gasteiger partial charge >= 0.3 is 0 Å². The molecule has 2 aromatic rings. The van der Waals surface area contributed by atoms with Gasteiger partial charge in [-0.1, -0.05) is 18.2 Å². The lowest BCUT2D eigenvalue weighted by Gasteiger charge is -2.36. The molecule has 1 saturated heterocycles. The molecule has 0 N–H and O–H groups in total. The van der Waals surface area contributed by atoms with E-state index >= 15 is 0 Å². The smallest absolute Gasteiger partial charge is 0.263 e. The summed E-state index contributed by atoms with van der Waals surface area (Å²) < 4.78 is 16.8. The molecule has 29 heavy (non-hydrogen) atoms. The maximum absolute atomic E-state index is 12.8. The number of amides is 1. The maximum Gasteiger partial charge on any atom is 0.263 e. The number of carbonyl (C=O) groups excluding carboxylic acids is 1. The van der Waals surface area contributed by atoms with E-state index in [4.69, 9.17) is 14.2 Å². The van der Waals surface area contributed by atoms with Crippen molar-refractivity contribution in [3.8, 4) is 17.2 Å². The van der Waals surface area contributed by atoms with Crippen LogP contribution in [0.3, 0.4) is 0 Å². The van der Waals surface area contributed by atoms with Crippen LogP contribution >= 0.6 is 0 Å². The summed E-state index contributed by atoms with van der Waals surface area (Å²) in [5, 5.41) is 0. The van der Waals surface area contributed by atoms with Gasteiger partial charge in [0.2, 0.25) is 6.79 Å². The predicted octanol–water partition coefficient (Wildman–Crippen LogP) is 3.14. The second-order valence-corrected chi connectivity index (χ2v) is 7.82. The largest absolute Gasteiger partial charge is 0.481 e. The Labute approximate surface area is 172 Å². The van der Waals surface area contributed by atoms with E-state index in [1.165, 1.54) is 5.56 Å². The lowest BCUT2D eigenvalue weighted by molar-refractivity contribution is -0.139. The van der Waals surface area contributed by atoms with Crippen molar-refractivity contribution in [2.45, 2.75) is 33.4 Å². The van der Waals surface area contributed by atoms with Gasteiger partial charge in [-0.05, 0) is 55.7 Å². The minimum atomic E-state index is -0.490. The van der Waals surface area contributed by atoms with E-state index in [1.54, 1.807) is 0 Å². The number of aryl methyl sites for hydroxylation is 2. The lowest BCUT2D eigenvalue weighted by atomic mass is 10.1. The Bertz CT molecular complexity index is 890. The third kappa shape index (κ3) is 4.48. The Kier molecular flexibility index (Phi) is 5.62. The molecule has 2 aliphatic rings. The van der Waals surface area contributed by atoms with Crippen LogP contribution in [0.5, 0.6) is 17.2 Å². The molecule has 1 amide bonds. The van der Waals surface area contributed by atoms with Gasteiger partial charge in [-0.25, -0.2) is 0 Å². The van der Waals surface area contributed by atoms with Crippen LogP contribution in [0.4, 0.5) is 0 Å². The van der Waals surface area contributed by atoms with Gasteiger partial charge in [0.05, 0.1) is 0 Å². The van der Waals surface area contributed by atoms with Crippen LogP contribution in [0.15, 0.2) is 36.4 Å². The standard InChI is InChI=1S/C23H28N2O4/c1-16-4-5-17(2)21(12-16)29-18(3)23(26)25-10-8-24(9-11-25)14-19-6-7-20-22(13-19)28-15-27-20/h4-7,12-13,18H,8-11,14-15H2,1-3H3. The normalized spacial score (nSPS) is 17.3. The summed E-state index contributed by atoms with van der Waals surface area (Å²) in [6.45, 7) is 10.1. The fourth-order valence-electron chi connectivity index (χ4n) is 3.76. The van der Waals surface area contributed by atoms with Crippen LogP contribution in [0.2, 0.25) is 0 Å². The van der Waals surface area contributed by atoms with E-state index in [1.807, 2.05) is 56.0 Å². The number of carbonyl (C=O) groups is 1. The van der Waals surface area contributed by atoms with Crippen LogP contribution in [0.25, 0.3) is 0 Å². The van der Waals surface area contributed by atoms with Gasteiger partial charge < -0.3 is 19.1 Å². The topological polar surface area (TPSA) is 51.2 Å². The second-order valence-electron chi connectivity index (χ2n) is 7.82. The van der Waals surface area contributed by atoms with Crippen molar-refractivity contribution in [3.63, 3.8) is 0 Å². The molecule has 2 aliphatic heterocycles. The van der Waals surface area contributed by atoms with E-state index in [0.717, 1.165) is 48.0 Å². The molecule has 0 aliphatic carbocycles. The summed E-state index contributed by atoms with van der Waals surface area (Å²) in [6.07, 6.45) is -0.490. The average Bonchev–Trinajstić information content (AvgIpc) is 3.18. The molecule has 154 valence electrons. The fourth-order valence-corrected chi connectivity index (χ4v) is 3.76. The second kappa shape index (κ2) is 8.33. The van der Waals surface area contributed by atoms with Crippen LogP contribution in [-0.2, 0) is 11.3 Å². The van der Waals surface area contributed by atoms with Gasteiger partial charge in [-0.15, -0.1) is 0 Å². The maximum atomic E-state index is 12.8. The van der Waals surface area contributed by atoms with Crippen molar-refractivity contribution in [1.82, 2.24) is 9.80 Å². The van der Waals surface area contributed by atoms with Crippen molar-refractivity contribution < 1.29 is 19.0 Å². The molecule has 0 radical (unpaired) electrons. The molecule has 2 heterocycles. The molecule has 6 nitrogen and oxygen atoms in total. The number of benzene rings is 2. The summed E-state index contributed by atoms with van der Waals surface area (Å²) in [4.78, 5) is 17.1. The first-order valence-electron chi connectivity index (χ1n) is 10.1. The summed E-state index contributed by atoms with van der Waals surface area (Å²) in [5.74, 6) is 2.46. The Morgan fingerprint density at radius 1 is 1.03 bits per heavy atom. The zero-order valence-electron chi connectivity index (χ0n) is 17.3. The molecule has 2 aromatic carbocycles. The van der Waals surface area contributed by atoms with Gasteiger partial charge in [-0.3, -0.25) is 9.69 Å². The Balaban J connectivity index is 1.29. The zero-order chi connectivity index (χ0) is 20.4. The Hall–Kier alpha value is -2.73. The summed E-state index contributed by atoms with van der Waals surface area (Å²) in [6, 6.07) is 12.1. The highest BCUT2D eigenvalue weighted by atomic mass is 16.7. The van der Waals surface area contributed by atoms with Crippen molar-refractivity contribution >= 4 is 5.91 Å². The van der Waals surface area contributed by atoms with Gasteiger partial charge in [0, 0.05) is 32.7 Å².